The number of carbonyl (C=O) groups is 1. The van der Waals surface area contributed by atoms with E-state index in [1.807, 2.05) is 6.92 Å². The van der Waals surface area contributed by atoms with Gasteiger partial charge in [0.1, 0.15) is 0 Å². The molecule has 3 N–H and O–H groups in total. The summed E-state index contributed by atoms with van der Waals surface area (Å²) >= 11 is 0. The normalized spacial score (nSPS) is 12.1. The molecular weight excluding hydrogens is 206 g/mol. The van der Waals surface area contributed by atoms with E-state index in [0.717, 1.165) is 5.56 Å². The molecule has 0 aliphatic carbocycles. The molecule has 0 aromatic heterocycles. The Morgan fingerprint density at radius 1 is 1.44 bits per heavy atom. The molecule has 4 heteroatoms. The number of aliphatic hydroxyl groups is 1. The Kier molecular flexibility index (Phi) is 4.79. The Labute approximate surface area is 95.0 Å². The van der Waals surface area contributed by atoms with Crippen LogP contribution < -0.4 is 5.73 Å². The quantitative estimate of drug-likeness (QED) is 0.576. The van der Waals surface area contributed by atoms with Crippen molar-refractivity contribution in [2.75, 3.05) is 18.9 Å². The Bertz CT molecular complexity index is 335. The van der Waals surface area contributed by atoms with Crippen molar-refractivity contribution in [1.82, 2.24) is 0 Å². The third-order valence-corrected chi connectivity index (χ3v) is 2.17. The van der Waals surface area contributed by atoms with Gasteiger partial charge in [0.2, 0.25) is 0 Å². The van der Waals surface area contributed by atoms with Gasteiger partial charge in [0.15, 0.2) is 0 Å². The van der Waals surface area contributed by atoms with Crippen LogP contribution in [0.25, 0.3) is 0 Å². The van der Waals surface area contributed by atoms with E-state index in [1.54, 1.807) is 24.3 Å². The van der Waals surface area contributed by atoms with Crippen molar-refractivity contribution in [1.29, 1.82) is 0 Å². The first kappa shape index (κ1) is 12.5. The van der Waals surface area contributed by atoms with Crippen LogP contribution in [-0.4, -0.2) is 24.3 Å². The van der Waals surface area contributed by atoms with Crippen LogP contribution in [0.1, 0.15) is 12.5 Å². The van der Waals surface area contributed by atoms with E-state index >= 15 is 0 Å². The van der Waals surface area contributed by atoms with Crippen molar-refractivity contribution in [3.63, 3.8) is 0 Å². The summed E-state index contributed by atoms with van der Waals surface area (Å²) in [7, 11) is 0. The summed E-state index contributed by atoms with van der Waals surface area (Å²) in [5, 5.41) is 8.76. The molecule has 0 heterocycles. The van der Waals surface area contributed by atoms with Crippen LogP contribution in [0.5, 0.6) is 0 Å². The van der Waals surface area contributed by atoms with Crippen LogP contribution in [0.4, 0.5) is 5.69 Å². The summed E-state index contributed by atoms with van der Waals surface area (Å²) in [5.41, 5.74) is 7.07. The van der Waals surface area contributed by atoms with Gasteiger partial charge >= 0.3 is 5.97 Å². The zero-order chi connectivity index (χ0) is 12.0. The van der Waals surface area contributed by atoms with Gasteiger partial charge in [-0.15, -0.1) is 0 Å². The Balaban J connectivity index is 2.37. The van der Waals surface area contributed by atoms with Crippen LogP contribution in [0, 0.1) is 5.92 Å². The van der Waals surface area contributed by atoms with Gasteiger partial charge in [-0.2, -0.15) is 0 Å². The van der Waals surface area contributed by atoms with Crippen molar-refractivity contribution in [2.24, 2.45) is 5.92 Å². The van der Waals surface area contributed by atoms with E-state index in [4.69, 9.17) is 15.6 Å². The van der Waals surface area contributed by atoms with Gasteiger partial charge in [-0.25, -0.2) is 0 Å². The molecule has 1 atom stereocenters. The lowest BCUT2D eigenvalue weighted by Crippen LogP contribution is -2.15. The molecule has 0 amide bonds. The highest BCUT2D eigenvalue weighted by Gasteiger charge is 2.07. The molecule has 0 radical (unpaired) electrons. The summed E-state index contributed by atoms with van der Waals surface area (Å²) in [6.45, 7) is 2.09. The van der Waals surface area contributed by atoms with Crippen LogP contribution in [0.15, 0.2) is 24.3 Å². The van der Waals surface area contributed by atoms with E-state index in [-0.39, 0.29) is 31.5 Å². The predicted octanol–water partition coefficient (Wildman–Crippen LogP) is 0.983. The number of carbonyl (C=O) groups excluding carboxylic acids is 1. The van der Waals surface area contributed by atoms with Crippen molar-refractivity contribution in [3.05, 3.63) is 29.8 Å². The molecular formula is C12H17NO3. The number of hydrogen-bond acceptors (Lipinski definition) is 4. The molecule has 1 aromatic carbocycles. The summed E-state index contributed by atoms with van der Waals surface area (Å²) in [4.78, 5) is 11.4. The predicted molar refractivity (Wildman–Crippen MR) is 61.8 cm³/mol. The number of esters is 1. The van der Waals surface area contributed by atoms with E-state index in [1.165, 1.54) is 0 Å². The number of hydrogen-bond donors (Lipinski definition) is 2. The van der Waals surface area contributed by atoms with Crippen molar-refractivity contribution in [3.8, 4) is 0 Å². The summed E-state index contributed by atoms with van der Waals surface area (Å²) in [6, 6.07) is 7.09. The molecule has 0 saturated heterocycles. The Morgan fingerprint density at radius 2 is 2.06 bits per heavy atom. The van der Waals surface area contributed by atoms with Gasteiger partial charge in [0.05, 0.1) is 13.0 Å². The molecule has 16 heavy (non-hydrogen) atoms. The largest absolute Gasteiger partial charge is 0.465 e. The minimum absolute atomic E-state index is 0.0182. The Morgan fingerprint density at radius 3 is 2.62 bits per heavy atom. The fourth-order valence-electron chi connectivity index (χ4n) is 1.14. The summed E-state index contributed by atoms with van der Waals surface area (Å²) in [6.07, 6.45) is 0.235. The molecule has 88 valence electrons. The van der Waals surface area contributed by atoms with Gasteiger partial charge in [-0.3, -0.25) is 4.79 Å². The van der Waals surface area contributed by atoms with Gasteiger partial charge in [0, 0.05) is 18.2 Å². The maximum Gasteiger partial charge on any atom is 0.310 e. The number of benzene rings is 1. The summed E-state index contributed by atoms with van der Waals surface area (Å²) in [5.74, 6) is -0.305. The average Bonchev–Trinajstić information content (AvgIpc) is 2.29. The van der Waals surface area contributed by atoms with Gasteiger partial charge in [-0.1, -0.05) is 19.1 Å². The second kappa shape index (κ2) is 6.12. The second-order valence-electron chi connectivity index (χ2n) is 3.89. The highest BCUT2D eigenvalue weighted by Crippen LogP contribution is 2.07. The van der Waals surface area contributed by atoms with E-state index in [0.29, 0.717) is 5.69 Å². The molecule has 1 rings (SSSR count). The van der Waals surface area contributed by atoms with Gasteiger partial charge < -0.3 is 15.6 Å². The first-order chi connectivity index (χ1) is 7.61. The van der Waals surface area contributed by atoms with E-state index < -0.39 is 0 Å². The van der Waals surface area contributed by atoms with Gasteiger partial charge in [-0.05, 0) is 17.7 Å². The van der Waals surface area contributed by atoms with Crippen molar-refractivity contribution in [2.45, 2.75) is 13.3 Å². The van der Waals surface area contributed by atoms with E-state index in [2.05, 4.69) is 0 Å². The van der Waals surface area contributed by atoms with Crippen LogP contribution in [0.2, 0.25) is 0 Å². The van der Waals surface area contributed by atoms with E-state index in [9.17, 15) is 4.79 Å². The molecule has 0 aliphatic rings. The average molecular weight is 223 g/mol. The first-order valence-electron chi connectivity index (χ1n) is 5.22. The maximum absolute atomic E-state index is 11.4. The lowest BCUT2D eigenvalue weighted by atomic mass is 10.1. The topological polar surface area (TPSA) is 72.5 Å². The zero-order valence-electron chi connectivity index (χ0n) is 9.35. The number of rotatable bonds is 5. The van der Waals surface area contributed by atoms with Crippen molar-refractivity contribution >= 4 is 11.7 Å². The standard InChI is InChI=1S/C12H17NO3/c1-9(7-14)8-16-12(15)6-10-2-4-11(13)5-3-10/h2-5,9,14H,6-8,13H2,1H3. The molecule has 0 bridgehead atoms. The third-order valence-electron chi connectivity index (χ3n) is 2.17. The highest BCUT2D eigenvalue weighted by atomic mass is 16.5. The maximum atomic E-state index is 11.4. The monoisotopic (exact) mass is 223 g/mol. The molecule has 0 fully saturated rings. The first-order valence-corrected chi connectivity index (χ1v) is 5.22. The number of nitrogen functional groups attached to an aromatic ring is 1. The minimum atomic E-state index is -0.287. The number of ether oxygens (including phenoxy) is 1. The lowest BCUT2D eigenvalue weighted by molar-refractivity contribution is -0.144. The number of anilines is 1. The third kappa shape index (κ3) is 4.31. The zero-order valence-corrected chi connectivity index (χ0v) is 9.35. The molecule has 0 spiro atoms. The molecule has 0 aliphatic heterocycles. The molecule has 1 aromatic rings. The lowest BCUT2D eigenvalue weighted by Gasteiger charge is -2.09. The second-order valence-corrected chi connectivity index (χ2v) is 3.89. The van der Waals surface area contributed by atoms with Crippen LogP contribution in [0.3, 0.4) is 0 Å². The summed E-state index contributed by atoms with van der Waals surface area (Å²) < 4.78 is 5.00. The Hall–Kier alpha value is -1.55. The minimum Gasteiger partial charge on any atom is -0.465 e. The van der Waals surface area contributed by atoms with Crippen LogP contribution in [-0.2, 0) is 16.0 Å². The number of aliphatic hydroxyl groups excluding tert-OH is 1. The highest BCUT2D eigenvalue weighted by molar-refractivity contribution is 5.72. The molecule has 1 unspecified atom stereocenters. The molecule has 0 saturated carbocycles. The SMILES string of the molecule is CC(CO)COC(=O)Cc1ccc(N)cc1. The molecule has 4 nitrogen and oxygen atoms in total. The fraction of sp³-hybridized carbons (Fsp3) is 0.417. The number of nitrogens with two attached hydrogens (primary N) is 1. The smallest absolute Gasteiger partial charge is 0.310 e. The van der Waals surface area contributed by atoms with Gasteiger partial charge in [0.25, 0.3) is 0 Å². The fourth-order valence-corrected chi connectivity index (χ4v) is 1.14. The van der Waals surface area contributed by atoms with Crippen LogP contribution >= 0.6 is 0 Å². The van der Waals surface area contributed by atoms with Crippen molar-refractivity contribution < 1.29 is 14.6 Å².